The van der Waals surface area contributed by atoms with Crippen LogP contribution in [-0.2, 0) is 13.6 Å². The number of rotatable bonds is 4. The molecule has 0 aromatic carbocycles. The smallest absolute Gasteiger partial charge is 0.137 e. The highest BCUT2D eigenvalue weighted by Crippen LogP contribution is 2.29. The summed E-state index contributed by atoms with van der Waals surface area (Å²) in [6, 6.07) is 4.11. The molecule has 2 aromatic rings. The molecular formula is C16H22N4O. The van der Waals surface area contributed by atoms with Gasteiger partial charge in [-0.2, -0.15) is 0 Å². The maximum absolute atomic E-state index is 10.6. The summed E-state index contributed by atoms with van der Waals surface area (Å²) in [5.74, 6) is 1.02. The third-order valence-electron chi connectivity index (χ3n) is 4.27. The number of nitrogens with zero attached hydrogens (tertiary/aromatic N) is 4. The van der Waals surface area contributed by atoms with E-state index >= 15 is 0 Å². The van der Waals surface area contributed by atoms with Crippen molar-refractivity contribution in [2.24, 2.45) is 13.0 Å². The van der Waals surface area contributed by atoms with Gasteiger partial charge in [-0.1, -0.05) is 0 Å². The molecule has 1 saturated heterocycles. The highest BCUT2D eigenvalue weighted by Gasteiger charge is 2.29. The first-order valence-electron chi connectivity index (χ1n) is 7.50. The van der Waals surface area contributed by atoms with Crippen molar-refractivity contribution in [3.8, 4) is 0 Å². The molecule has 0 saturated carbocycles. The SMILES string of the molecule is Cn1ccnc1C(O)C1CCCN(Cc2ccncc2)C1. The van der Waals surface area contributed by atoms with Gasteiger partial charge in [0.15, 0.2) is 0 Å². The van der Waals surface area contributed by atoms with Gasteiger partial charge in [-0.3, -0.25) is 9.88 Å². The number of aliphatic hydroxyl groups excluding tert-OH is 1. The maximum Gasteiger partial charge on any atom is 0.137 e. The Kier molecular flexibility index (Phi) is 4.31. The van der Waals surface area contributed by atoms with Gasteiger partial charge in [-0.25, -0.2) is 4.98 Å². The number of hydrogen-bond donors (Lipinski definition) is 1. The molecule has 3 heterocycles. The molecule has 1 aliphatic rings. The zero-order valence-corrected chi connectivity index (χ0v) is 12.4. The fourth-order valence-electron chi connectivity index (χ4n) is 3.11. The summed E-state index contributed by atoms with van der Waals surface area (Å²) in [5, 5.41) is 10.6. The summed E-state index contributed by atoms with van der Waals surface area (Å²) in [5.41, 5.74) is 1.28. The molecule has 112 valence electrons. The zero-order chi connectivity index (χ0) is 14.7. The Hall–Kier alpha value is -1.72. The van der Waals surface area contributed by atoms with Gasteiger partial charge in [0.25, 0.3) is 0 Å². The quantitative estimate of drug-likeness (QED) is 0.930. The van der Waals surface area contributed by atoms with Crippen molar-refractivity contribution in [3.05, 3.63) is 48.3 Å². The van der Waals surface area contributed by atoms with Gasteiger partial charge in [0.05, 0.1) is 0 Å². The average molecular weight is 286 g/mol. The minimum absolute atomic E-state index is 0.252. The second kappa shape index (κ2) is 6.37. The molecule has 0 spiro atoms. The van der Waals surface area contributed by atoms with E-state index < -0.39 is 6.10 Å². The Morgan fingerprint density at radius 1 is 1.33 bits per heavy atom. The van der Waals surface area contributed by atoms with Crippen molar-refractivity contribution in [3.63, 3.8) is 0 Å². The van der Waals surface area contributed by atoms with Crippen molar-refractivity contribution in [2.75, 3.05) is 13.1 Å². The van der Waals surface area contributed by atoms with E-state index in [2.05, 4.69) is 27.0 Å². The summed E-state index contributed by atoms with van der Waals surface area (Å²) in [4.78, 5) is 10.8. The summed E-state index contributed by atoms with van der Waals surface area (Å²) < 4.78 is 1.91. The molecule has 0 bridgehead atoms. The van der Waals surface area contributed by atoms with E-state index in [-0.39, 0.29) is 5.92 Å². The molecule has 21 heavy (non-hydrogen) atoms. The highest BCUT2D eigenvalue weighted by atomic mass is 16.3. The number of imidazole rings is 1. The maximum atomic E-state index is 10.6. The standard InChI is InChI=1S/C16H22N4O/c1-19-10-8-18-16(19)15(21)14-3-2-9-20(12-14)11-13-4-6-17-7-5-13/h4-8,10,14-15,21H,2-3,9,11-12H2,1H3. The number of hydrogen-bond acceptors (Lipinski definition) is 4. The third kappa shape index (κ3) is 3.31. The Morgan fingerprint density at radius 3 is 2.86 bits per heavy atom. The summed E-state index contributed by atoms with van der Waals surface area (Å²) >= 11 is 0. The lowest BCUT2D eigenvalue weighted by molar-refractivity contribution is 0.0405. The molecule has 2 atom stereocenters. The Balaban J connectivity index is 1.64. The van der Waals surface area contributed by atoms with Gasteiger partial charge >= 0.3 is 0 Å². The van der Waals surface area contributed by atoms with Crippen molar-refractivity contribution >= 4 is 0 Å². The lowest BCUT2D eigenvalue weighted by Gasteiger charge is -2.34. The molecule has 0 amide bonds. The Morgan fingerprint density at radius 2 is 2.14 bits per heavy atom. The van der Waals surface area contributed by atoms with Gasteiger partial charge in [0, 0.05) is 50.8 Å². The molecule has 0 aliphatic carbocycles. The van der Waals surface area contributed by atoms with Crippen molar-refractivity contribution in [2.45, 2.75) is 25.5 Å². The average Bonchev–Trinajstić information content (AvgIpc) is 2.94. The van der Waals surface area contributed by atoms with Crippen LogP contribution < -0.4 is 0 Å². The molecule has 5 nitrogen and oxygen atoms in total. The summed E-state index contributed by atoms with van der Waals surface area (Å²) in [7, 11) is 1.93. The van der Waals surface area contributed by atoms with Gasteiger partial charge in [0.1, 0.15) is 11.9 Å². The lowest BCUT2D eigenvalue weighted by Crippen LogP contribution is -2.37. The predicted molar refractivity (Wildman–Crippen MR) is 80.4 cm³/mol. The minimum atomic E-state index is -0.481. The first-order valence-corrected chi connectivity index (χ1v) is 7.50. The monoisotopic (exact) mass is 286 g/mol. The van der Waals surface area contributed by atoms with E-state index in [1.165, 1.54) is 5.56 Å². The molecule has 2 unspecified atom stereocenters. The van der Waals surface area contributed by atoms with Crippen LogP contribution in [0.3, 0.4) is 0 Å². The van der Waals surface area contributed by atoms with E-state index in [1.54, 1.807) is 6.20 Å². The molecule has 0 radical (unpaired) electrons. The Labute approximate surface area is 125 Å². The number of likely N-dealkylation sites (tertiary alicyclic amines) is 1. The molecule has 1 aliphatic heterocycles. The van der Waals surface area contributed by atoms with E-state index in [4.69, 9.17) is 0 Å². The fraction of sp³-hybridized carbons (Fsp3) is 0.500. The van der Waals surface area contributed by atoms with Crippen molar-refractivity contribution in [1.82, 2.24) is 19.4 Å². The number of aliphatic hydroxyl groups is 1. The molecule has 3 rings (SSSR count). The van der Waals surface area contributed by atoms with Crippen LogP contribution in [0.25, 0.3) is 0 Å². The van der Waals surface area contributed by atoms with E-state index in [9.17, 15) is 5.11 Å². The third-order valence-corrected chi connectivity index (χ3v) is 4.27. The van der Waals surface area contributed by atoms with Gasteiger partial charge < -0.3 is 9.67 Å². The number of pyridine rings is 1. The first kappa shape index (κ1) is 14.2. The van der Waals surface area contributed by atoms with Crippen molar-refractivity contribution < 1.29 is 5.11 Å². The van der Waals surface area contributed by atoms with Crippen LogP contribution in [0.15, 0.2) is 36.9 Å². The van der Waals surface area contributed by atoms with Gasteiger partial charge in [-0.15, -0.1) is 0 Å². The summed E-state index contributed by atoms with van der Waals surface area (Å²) in [6.07, 6.45) is 8.99. The van der Waals surface area contributed by atoms with E-state index in [0.29, 0.717) is 0 Å². The van der Waals surface area contributed by atoms with Crippen LogP contribution in [-0.4, -0.2) is 37.6 Å². The van der Waals surface area contributed by atoms with Crippen LogP contribution in [0.5, 0.6) is 0 Å². The van der Waals surface area contributed by atoms with Crippen LogP contribution in [0, 0.1) is 5.92 Å². The van der Waals surface area contributed by atoms with Crippen LogP contribution in [0.1, 0.15) is 30.3 Å². The highest BCUT2D eigenvalue weighted by molar-refractivity contribution is 5.09. The molecular weight excluding hydrogens is 264 g/mol. The first-order chi connectivity index (χ1) is 10.2. The van der Waals surface area contributed by atoms with Crippen LogP contribution >= 0.6 is 0 Å². The molecule has 5 heteroatoms. The molecule has 1 N–H and O–H groups in total. The van der Waals surface area contributed by atoms with E-state index in [1.807, 2.05) is 30.2 Å². The molecule has 2 aromatic heterocycles. The normalized spacial score (nSPS) is 21.3. The predicted octanol–water partition coefficient (Wildman–Crippen LogP) is 1.76. The largest absolute Gasteiger partial charge is 0.385 e. The van der Waals surface area contributed by atoms with E-state index in [0.717, 1.165) is 38.3 Å². The zero-order valence-electron chi connectivity index (χ0n) is 12.4. The number of aromatic nitrogens is 3. The number of piperidine rings is 1. The second-order valence-electron chi connectivity index (χ2n) is 5.83. The topological polar surface area (TPSA) is 54.2 Å². The number of aryl methyl sites for hydroxylation is 1. The fourth-order valence-corrected chi connectivity index (χ4v) is 3.11. The summed E-state index contributed by atoms with van der Waals surface area (Å²) in [6.45, 7) is 2.93. The molecule has 1 fully saturated rings. The minimum Gasteiger partial charge on any atom is -0.385 e. The Bertz CT molecular complexity index is 569. The lowest BCUT2D eigenvalue weighted by atomic mass is 9.91. The van der Waals surface area contributed by atoms with Crippen molar-refractivity contribution in [1.29, 1.82) is 0 Å². The van der Waals surface area contributed by atoms with Crippen LogP contribution in [0.4, 0.5) is 0 Å². The second-order valence-corrected chi connectivity index (χ2v) is 5.83. The van der Waals surface area contributed by atoms with Gasteiger partial charge in [-0.05, 0) is 37.1 Å². The van der Waals surface area contributed by atoms with Gasteiger partial charge in [0.2, 0.25) is 0 Å². The van der Waals surface area contributed by atoms with Crippen LogP contribution in [0.2, 0.25) is 0 Å².